The molecule has 230 valence electrons. The van der Waals surface area contributed by atoms with Crippen LogP contribution in [0.3, 0.4) is 0 Å². The van der Waals surface area contributed by atoms with Crippen LogP contribution >= 0.6 is 0 Å². The van der Waals surface area contributed by atoms with Crippen molar-refractivity contribution in [1.82, 2.24) is 0 Å². The lowest BCUT2D eigenvalue weighted by Gasteiger charge is -2.31. The van der Waals surface area contributed by atoms with Gasteiger partial charge in [0.15, 0.2) is 0 Å². The van der Waals surface area contributed by atoms with E-state index in [2.05, 4.69) is 187 Å². The first kappa shape index (κ1) is 29.9. The first-order valence-corrected chi connectivity index (χ1v) is 16.9. The first-order valence-electron chi connectivity index (χ1n) is 16.9. The Bertz CT molecular complexity index is 2160. The minimum absolute atomic E-state index is 1.16. The highest BCUT2D eigenvalue weighted by Crippen LogP contribution is 2.46. The molecule has 8 aromatic carbocycles. The molecule has 0 N–H and O–H groups in total. The minimum Gasteiger partial charge on any atom is -0.310 e. The molecule has 0 aliphatic rings. The second kappa shape index (κ2) is 11.6. The van der Waals surface area contributed by atoms with Crippen molar-refractivity contribution >= 4 is 93.1 Å². The normalized spacial score (nSPS) is 11.5. The van der Waals surface area contributed by atoms with Crippen LogP contribution in [0.15, 0.2) is 133 Å². The topological polar surface area (TPSA) is 6.48 Å². The molecule has 4 heteroatoms. The van der Waals surface area contributed by atoms with E-state index < -0.39 is 0 Å². The fraction of sp³-hybridized carbons (Fsp3) is 0.0909. The molecule has 0 amide bonds. The van der Waals surface area contributed by atoms with Crippen LogP contribution in [0, 0.1) is 27.7 Å². The van der Waals surface area contributed by atoms with E-state index in [0.717, 1.165) is 22.7 Å². The Morgan fingerprint density at radius 2 is 0.625 bits per heavy atom. The summed E-state index contributed by atoms with van der Waals surface area (Å²) in [6.07, 6.45) is 0. The molecule has 0 saturated heterocycles. The Morgan fingerprint density at radius 1 is 0.354 bits per heavy atom. The minimum atomic E-state index is 1.16. The van der Waals surface area contributed by atoms with Crippen molar-refractivity contribution in [1.29, 1.82) is 0 Å². The van der Waals surface area contributed by atoms with Crippen LogP contribution in [-0.2, 0) is 0 Å². The van der Waals surface area contributed by atoms with Gasteiger partial charge in [0.1, 0.15) is 15.7 Å². The average molecular weight is 616 g/mol. The van der Waals surface area contributed by atoms with Gasteiger partial charge in [-0.25, -0.2) is 0 Å². The monoisotopic (exact) mass is 616 g/mol. The van der Waals surface area contributed by atoms with E-state index >= 15 is 0 Å². The van der Waals surface area contributed by atoms with Gasteiger partial charge in [0.2, 0.25) is 0 Å². The van der Waals surface area contributed by atoms with Crippen molar-refractivity contribution in [2.45, 2.75) is 27.7 Å². The highest BCUT2D eigenvalue weighted by molar-refractivity contribution is 6.44. The van der Waals surface area contributed by atoms with Crippen molar-refractivity contribution in [3.63, 3.8) is 0 Å². The molecule has 2 nitrogen and oxygen atoms in total. The molecule has 8 aromatic rings. The maximum absolute atomic E-state index is 2.44. The fourth-order valence-electron chi connectivity index (χ4n) is 7.40. The van der Waals surface area contributed by atoms with Crippen LogP contribution in [0.4, 0.5) is 34.1 Å². The zero-order chi connectivity index (χ0) is 33.1. The summed E-state index contributed by atoms with van der Waals surface area (Å²) in [4.78, 5) is 4.88. The number of rotatable bonds is 6. The van der Waals surface area contributed by atoms with Gasteiger partial charge in [-0.05, 0) is 97.8 Å². The predicted molar refractivity (Wildman–Crippen MR) is 215 cm³/mol. The van der Waals surface area contributed by atoms with Crippen LogP contribution in [0.1, 0.15) is 22.3 Å². The maximum Gasteiger partial charge on any atom is 0.142 e. The summed E-state index contributed by atoms with van der Waals surface area (Å²) < 4.78 is 0. The Morgan fingerprint density at radius 3 is 0.896 bits per heavy atom. The summed E-state index contributed by atoms with van der Waals surface area (Å²) in [5, 5.41) is 7.67. The van der Waals surface area contributed by atoms with Crippen LogP contribution < -0.4 is 20.7 Å². The molecule has 8 rings (SSSR count). The summed E-state index contributed by atoms with van der Waals surface area (Å²) in [6, 6.07) is 49.7. The molecule has 48 heavy (non-hydrogen) atoms. The smallest absolute Gasteiger partial charge is 0.142 e. The van der Waals surface area contributed by atoms with Crippen LogP contribution in [0.2, 0.25) is 0 Å². The van der Waals surface area contributed by atoms with E-state index in [9.17, 15) is 0 Å². The largest absolute Gasteiger partial charge is 0.310 e. The van der Waals surface area contributed by atoms with Crippen molar-refractivity contribution in [2.75, 3.05) is 9.80 Å². The molecule has 0 aliphatic heterocycles. The van der Waals surface area contributed by atoms with Gasteiger partial charge < -0.3 is 9.80 Å². The van der Waals surface area contributed by atoms with Gasteiger partial charge in [0.05, 0.1) is 0 Å². The van der Waals surface area contributed by atoms with Crippen molar-refractivity contribution < 1.29 is 0 Å². The van der Waals surface area contributed by atoms with Crippen LogP contribution in [0.25, 0.3) is 32.3 Å². The SMILES string of the molecule is Bc1cc2ccc3cc(B)c(N(c4ccc(C)cc4)c4ccc(C)cc4)c4ccc(c1N(c1ccc(C)cc1)c1ccc(C)cc1)c2c34. The van der Waals surface area contributed by atoms with Gasteiger partial charge in [0, 0.05) is 44.9 Å². The third-order valence-electron chi connectivity index (χ3n) is 9.84. The molecule has 0 aromatic heterocycles. The molecule has 0 fully saturated rings. The molecule has 0 radical (unpaired) electrons. The van der Waals surface area contributed by atoms with E-state index in [1.807, 2.05) is 0 Å². The standard InChI is InChI=1S/C44H38B2N2/c1-27-5-15-33(16-6-27)47(34-17-7-28(2)8-18-34)43-37-23-24-38-42-32(14-13-31(41(37)42)25-39(43)45)26-40(46)44(38)48(35-19-9-29(3)10-20-35)36-21-11-30(4)12-22-36/h5-26H,45-46H2,1-4H3. The zero-order valence-corrected chi connectivity index (χ0v) is 28.6. The van der Waals surface area contributed by atoms with Gasteiger partial charge in [-0.2, -0.15) is 0 Å². The van der Waals surface area contributed by atoms with Gasteiger partial charge in [-0.15, -0.1) is 0 Å². The number of aryl methyl sites for hydroxylation is 4. The highest BCUT2D eigenvalue weighted by Gasteiger charge is 2.24. The lowest BCUT2D eigenvalue weighted by Crippen LogP contribution is -2.21. The van der Waals surface area contributed by atoms with E-state index in [4.69, 9.17) is 0 Å². The third-order valence-corrected chi connectivity index (χ3v) is 9.84. The lowest BCUT2D eigenvalue weighted by atomic mass is 9.81. The summed E-state index contributed by atoms with van der Waals surface area (Å²) >= 11 is 0. The van der Waals surface area contributed by atoms with Gasteiger partial charge in [0.25, 0.3) is 0 Å². The Balaban J connectivity index is 1.45. The fourth-order valence-corrected chi connectivity index (χ4v) is 7.40. The molecule has 0 unspecified atom stereocenters. The average Bonchev–Trinajstić information content (AvgIpc) is 3.08. The summed E-state index contributed by atoms with van der Waals surface area (Å²) in [5.41, 5.74) is 14.6. The van der Waals surface area contributed by atoms with E-state index in [1.54, 1.807) is 0 Å². The molecular formula is C44H38B2N2. The maximum atomic E-state index is 2.44. The quantitative estimate of drug-likeness (QED) is 0.136. The zero-order valence-electron chi connectivity index (χ0n) is 28.6. The second-order valence-electron chi connectivity index (χ2n) is 13.5. The summed E-state index contributed by atoms with van der Waals surface area (Å²) in [6.45, 7) is 8.60. The molecule has 0 heterocycles. The molecule has 0 spiro atoms. The highest BCUT2D eigenvalue weighted by atomic mass is 15.2. The van der Waals surface area contributed by atoms with Crippen molar-refractivity contribution in [3.8, 4) is 0 Å². The van der Waals surface area contributed by atoms with E-state index in [-0.39, 0.29) is 0 Å². The van der Waals surface area contributed by atoms with Crippen molar-refractivity contribution in [3.05, 3.63) is 156 Å². The van der Waals surface area contributed by atoms with E-state index in [1.165, 1.54) is 76.9 Å². The number of benzene rings is 8. The Labute approximate surface area is 285 Å². The summed E-state index contributed by atoms with van der Waals surface area (Å²) in [5.74, 6) is 0. The Kier molecular flexibility index (Phi) is 7.26. The lowest BCUT2D eigenvalue weighted by molar-refractivity contribution is 1.29. The Hall–Kier alpha value is -5.47. The van der Waals surface area contributed by atoms with Crippen LogP contribution in [0.5, 0.6) is 0 Å². The van der Waals surface area contributed by atoms with E-state index in [0.29, 0.717) is 0 Å². The predicted octanol–water partition coefficient (Wildman–Crippen LogP) is 9.27. The third kappa shape index (κ3) is 5.00. The van der Waals surface area contributed by atoms with Gasteiger partial charge in [-0.3, -0.25) is 0 Å². The molecule has 0 bridgehead atoms. The van der Waals surface area contributed by atoms with Crippen molar-refractivity contribution in [2.24, 2.45) is 0 Å². The molecule has 0 atom stereocenters. The number of nitrogens with zero attached hydrogens (tertiary/aromatic N) is 2. The molecular weight excluding hydrogens is 578 g/mol. The number of anilines is 6. The van der Waals surface area contributed by atoms with Gasteiger partial charge >= 0.3 is 0 Å². The summed E-state index contributed by atoms with van der Waals surface area (Å²) in [7, 11) is 4.51. The number of hydrogen-bond donors (Lipinski definition) is 0. The molecule has 0 aliphatic carbocycles. The van der Waals surface area contributed by atoms with Crippen LogP contribution in [-0.4, -0.2) is 15.7 Å². The van der Waals surface area contributed by atoms with Gasteiger partial charge in [-0.1, -0.05) is 118 Å². The molecule has 0 saturated carbocycles. The number of hydrogen-bond acceptors (Lipinski definition) is 2. The first-order chi connectivity index (χ1) is 23.3. The second-order valence-corrected chi connectivity index (χ2v) is 13.5.